The maximum Gasteiger partial charge on any atom is 0.223 e. The van der Waals surface area contributed by atoms with Crippen molar-refractivity contribution in [3.05, 3.63) is 70.8 Å². The summed E-state index contributed by atoms with van der Waals surface area (Å²) in [7, 11) is 4.08. The van der Waals surface area contributed by atoms with Gasteiger partial charge in [-0.25, -0.2) is 0 Å². The van der Waals surface area contributed by atoms with E-state index in [9.17, 15) is 4.79 Å². The predicted molar refractivity (Wildman–Crippen MR) is 105 cm³/mol. The van der Waals surface area contributed by atoms with Crippen LogP contribution in [0.5, 0.6) is 0 Å². The Morgan fingerprint density at radius 3 is 2.32 bits per heavy atom. The second-order valence-corrected chi connectivity index (χ2v) is 7.03. The van der Waals surface area contributed by atoms with Crippen molar-refractivity contribution < 1.29 is 4.79 Å². The molecule has 0 fully saturated rings. The van der Waals surface area contributed by atoms with Gasteiger partial charge >= 0.3 is 0 Å². The van der Waals surface area contributed by atoms with E-state index in [2.05, 4.69) is 49.1 Å². The van der Waals surface area contributed by atoms with Gasteiger partial charge in [0.15, 0.2) is 0 Å². The molecular formula is C22H30N2O. The molecule has 3 nitrogen and oxygen atoms in total. The summed E-state index contributed by atoms with van der Waals surface area (Å²) in [5, 5.41) is 0. The van der Waals surface area contributed by atoms with Crippen LogP contribution < -0.4 is 0 Å². The molecule has 0 spiro atoms. The van der Waals surface area contributed by atoms with Crippen LogP contribution in [-0.2, 0) is 17.8 Å². The van der Waals surface area contributed by atoms with Crippen LogP contribution in [0, 0.1) is 13.8 Å². The van der Waals surface area contributed by atoms with E-state index in [4.69, 9.17) is 0 Å². The highest BCUT2D eigenvalue weighted by Gasteiger charge is 2.14. The lowest BCUT2D eigenvalue weighted by Crippen LogP contribution is -2.36. The van der Waals surface area contributed by atoms with Crippen molar-refractivity contribution in [1.82, 2.24) is 9.80 Å². The molecule has 0 bridgehead atoms. The number of likely N-dealkylation sites (N-methyl/N-ethyl adjacent to an activating group) is 1. The first-order chi connectivity index (χ1) is 12.0. The van der Waals surface area contributed by atoms with Crippen LogP contribution >= 0.6 is 0 Å². The zero-order chi connectivity index (χ0) is 18.2. The highest BCUT2D eigenvalue weighted by Crippen LogP contribution is 2.14. The summed E-state index contributed by atoms with van der Waals surface area (Å²) in [6, 6.07) is 16.7. The minimum Gasteiger partial charge on any atom is -0.337 e. The van der Waals surface area contributed by atoms with Gasteiger partial charge in [-0.3, -0.25) is 4.79 Å². The first kappa shape index (κ1) is 19.2. The Hall–Kier alpha value is -2.13. The minimum atomic E-state index is 0.227. The molecule has 0 heterocycles. The maximum atomic E-state index is 12.8. The molecule has 0 saturated heterocycles. The van der Waals surface area contributed by atoms with Crippen LogP contribution in [0.4, 0.5) is 0 Å². The van der Waals surface area contributed by atoms with Gasteiger partial charge in [-0.1, -0.05) is 54.1 Å². The number of carbonyl (C=O) groups excluding carboxylic acids is 1. The van der Waals surface area contributed by atoms with Gasteiger partial charge in [0.1, 0.15) is 0 Å². The predicted octanol–water partition coefficient (Wildman–Crippen LogP) is 3.83. The van der Waals surface area contributed by atoms with Crippen molar-refractivity contribution in [3.63, 3.8) is 0 Å². The third-order valence-electron chi connectivity index (χ3n) is 4.49. The molecule has 0 N–H and O–H groups in total. The normalized spacial score (nSPS) is 10.9. The number of amides is 1. The highest BCUT2D eigenvalue weighted by atomic mass is 16.2. The molecule has 0 aliphatic heterocycles. The Morgan fingerprint density at radius 2 is 1.68 bits per heavy atom. The molecular weight excluding hydrogens is 308 g/mol. The van der Waals surface area contributed by atoms with Crippen molar-refractivity contribution in [3.8, 4) is 0 Å². The van der Waals surface area contributed by atoms with Gasteiger partial charge in [-0.05, 0) is 51.1 Å². The average Bonchev–Trinajstić information content (AvgIpc) is 2.58. The molecule has 1 amide bonds. The quantitative estimate of drug-likeness (QED) is 0.730. The zero-order valence-electron chi connectivity index (χ0n) is 16.0. The van der Waals surface area contributed by atoms with Crippen LogP contribution in [0.3, 0.4) is 0 Å². The van der Waals surface area contributed by atoms with Crippen molar-refractivity contribution in [1.29, 1.82) is 0 Å². The van der Waals surface area contributed by atoms with Crippen LogP contribution in [0.15, 0.2) is 48.5 Å². The molecule has 0 saturated carbocycles. The molecule has 0 aliphatic rings. The number of rotatable bonds is 8. The second kappa shape index (κ2) is 9.38. The maximum absolute atomic E-state index is 12.8. The standard InChI is InChI=1S/C22H30N2O/c1-18-10-11-21(19(2)16-18)12-13-22(25)24(15-14-23(3)4)17-20-8-6-5-7-9-20/h5-11,16H,12-15,17H2,1-4H3. The van der Waals surface area contributed by atoms with E-state index in [1.807, 2.05) is 37.2 Å². The Labute approximate surface area is 152 Å². The Kier molecular flexibility index (Phi) is 7.20. The molecule has 2 rings (SSSR count). The largest absolute Gasteiger partial charge is 0.337 e. The van der Waals surface area contributed by atoms with Gasteiger partial charge in [0, 0.05) is 26.1 Å². The summed E-state index contributed by atoms with van der Waals surface area (Å²) in [5.74, 6) is 0.227. The Balaban J connectivity index is 2.00. The third kappa shape index (κ3) is 6.35. The van der Waals surface area contributed by atoms with Crippen molar-refractivity contribution >= 4 is 5.91 Å². The topological polar surface area (TPSA) is 23.6 Å². The molecule has 2 aromatic carbocycles. The number of hydrogen-bond acceptors (Lipinski definition) is 2. The third-order valence-corrected chi connectivity index (χ3v) is 4.49. The van der Waals surface area contributed by atoms with Gasteiger partial charge in [-0.2, -0.15) is 0 Å². The molecule has 0 aliphatic carbocycles. The lowest BCUT2D eigenvalue weighted by atomic mass is 10.0. The summed E-state index contributed by atoms with van der Waals surface area (Å²) in [6.45, 7) is 6.54. The first-order valence-corrected chi connectivity index (χ1v) is 8.98. The van der Waals surface area contributed by atoms with E-state index in [0.717, 1.165) is 19.5 Å². The summed E-state index contributed by atoms with van der Waals surface area (Å²) in [4.78, 5) is 16.9. The average molecular weight is 338 g/mol. The van der Waals surface area contributed by atoms with Gasteiger partial charge in [0.05, 0.1) is 0 Å². The van der Waals surface area contributed by atoms with E-state index in [1.54, 1.807) is 0 Å². The Bertz CT molecular complexity index is 680. The van der Waals surface area contributed by atoms with Gasteiger partial charge in [0.25, 0.3) is 0 Å². The number of nitrogens with zero attached hydrogens (tertiary/aromatic N) is 2. The molecule has 25 heavy (non-hydrogen) atoms. The Morgan fingerprint density at radius 1 is 0.960 bits per heavy atom. The summed E-state index contributed by atoms with van der Waals surface area (Å²) >= 11 is 0. The lowest BCUT2D eigenvalue weighted by molar-refractivity contribution is -0.131. The van der Waals surface area contributed by atoms with Gasteiger partial charge in [0.2, 0.25) is 5.91 Å². The van der Waals surface area contributed by atoms with Gasteiger partial charge in [-0.15, -0.1) is 0 Å². The minimum absolute atomic E-state index is 0.227. The van der Waals surface area contributed by atoms with E-state index < -0.39 is 0 Å². The lowest BCUT2D eigenvalue weighted by Gasteiger charge is -2.25. The van der Waals surface area contributed by atoms with Crippen molar-refractivity contribution in [2.45, 2.75) is 33.2 Å². The number of hydrogen-bond donors (Lipinski definition) is 0. The van der Waals surface area contributed by atoms with Crippen molar-refractivity contribution in [2.24, 2.45) is 0 Å². The fourth-order valence-corrected chi connectivity index (χ4v) is 2.94. The fraction of sp³-hybridized carbons (Fsp3) is 0.409. The molecule has 0 unspecified atom stereocenters. The highest BCUT2D eigenvalue weighted by molar-refractivity contribution is 5.76. The van der Waals surface area contributed by atoms with E-state index >= 15 is 0 Å². The number of aryl methyl sites for hydroxylation is 3. The SMILES string of the molecule is Cc1ccc(CCC(=O)N(CCN(C)C)Cc2ccccc2)c(C)c1. The molecule has 3 heteroatoms. The van der Waals surface area contributed by atoms with E-state index in [1.165, 1.54) is 22.3 Å². The first-order valence-electron chi connectivity index (χ1n) is 8.98. The zero-order valence-corrected chi connectivity index (χ0v) is 16.0. The van der Waals surface area contributed by atoms with Crippen LogP contribution in [0.1, 0.15) is 28.7 Å². The molecule has 0 radical (unpaired) electrons. The summed E-state index contributed by atoms with van der Waals surface area (Å²) in [5.41, 5.74) is 4.99. The van der Waals surface area contributed by atoms with Crippen LogP contribution in [-0.4, -0.2) is 42.9 Å². The molecule has 134 valence electrons. The van der Waals surface area contributed by atoms with Crippen LogP contribution in [0.25, 0.3) is 0 Å². The number of carbonyl (C=O) groups is 1. The molecule has 0 aromatic heterocycles. The molecule has 2 aromatic rings. The number of benzene rings is 2. The van der Waals surface area contributed by atoms with Gasteiger partial charge < -0.3 is 9.80 Å². The monoisotopic (exact) mass is 338 g/mol. The van der Waals surface area contributed by atoms with Crippen LogP contribution in [0.2, 0.25) is 0 Å². The molecule has 0 atom stereocenters. The van der Waals surface area contributed by atoms with E-state index in [0.29, 0.717) is 13.0 Å². The summed E-state index contributed by atoms with van der Waals surface area (Å²) in [6.07, 6.45) is 1.36. The summed E-state index contributed by atoms with van der Waals surface area (Å²) < 4.78 is 0. The fourth-order valence-electron chi connectivity index (χ4n) is 2.94. The second-order valence-electron chi connectivity index (χ2n) is 7.03. The smallest absolute Gasteiger partial charge is 0.223 e. The van der Waals surface area contributed by atoms with E-state index in [-0.39, 0.29) is 5.91 Å². The van der Waals surface area contributed by atoms with Crippen molar-refractivity contribution in [2.75, 3.05) is 27.2 Å².